The Morgan fingerprint density at radius 1 is 1.04 bits per heavy atom. The molecule has 0 heterocycles. The van der Waals surface area contributed by atoms with Gasteiger partial charge >= 0.3 is 5.97 Å². The highest BCUT2D eigenvalue weighted by atomic mass is 35.5. The lowest BCUT2D eigenvalue weighted by Gasteiger charge is -2.19. The van der Waals surface area contributed by atoms with Crippen LogP contribution < -0.4 is 14.8 Å². The van der Waals surface area contributed by atoms with E-state index in [-0.39, 0.29) is 17.0 Å². The SMILES string of the molecule is COC(=O)C(Cc1ccc(OC)cc1OC)NC(=O)c1cc(Cl)ccc1Cl. The third-order valence-corrected chi connectivity index (χ3v) is 4.45. The van der Waals surface area contributed by atoms with Crippen LogP contribution in [0.15, 0.2) is 36.4 Å². The molecule has 8 heteroatoms. The highest BCUT2D eigenvalue weighted by Gasteiger charge is 2.25. The highest BCUT2D eigenvalue weighted by Crippen LogP contribution is 2.26. The first kappa shape index (κ1) is 20.9. The smallest absolute Gasteiger partial charge is 0.328 e. The zero-order chi connectivity index (χ0) is 20.0. The summed E-state index contributed by atoms with van der Waals surface area (Å²) in [7, 11) is 4.30. The Kier molecular flexibility index (Phi) is 7.33. The Morgan fingerprint density at radius 3 is 2.41 bits per heavy atom. The normalized spacial score (nSPS) is 11.4. The van der Waals surface area contributed by atoms with Crippen LogP contribution in [0, 0.1) is 0 Å². The molecule has 0 aliphatic rings. The number of methoxy groups -OCH3 is 3. The summed E-state index contributed by atoms with van der Waals surface area (Å²) in [4.78, 5) is 24.8. The van der Waals surface area contributed by atoms with Gasteiger partial charge in [0.05, 0.1) is 31.9 Å². The zero-order valence-corrected chi connectivity index (χ0v) is 16.6. The summed E-state index contributed by atoms with van der Waals surface area (Å²) >= 11 is 12.0. The van der Waals surface area contributed by atoms with Gasteiger partial charge in [-0.25, -0.2) is 4.79 Å². The molecule has 2 rings (SSSR count). The maximum absolute atomic E-state index is 12.6. The van der Waals surface area contributed by atoms with Gasteiger partial charge < -0.3 is 19.5 Å². The van der Waals surface area contributed by atoms with E-state index in [9.17, 15) is 9.59 Å². The molecule has 0 bridgehead atoms. The number of rotatable bonds is 7. The standard InChI is InChI=1S/C19H19Cl2NO5/c1-25-13-6-4-11(17(10-13)26-2)8-16(19(24)27-3)22-18(23)14-9-12(20)5-7-15(14)21/h4-7,9-10,16H,8H2,1-3H3,(H,22,23). The lowest BCUT2D eigenvalue weighted by atomic mass is 10.0. The first-order valence-corrected chi connectivity index (χ1v) is 8.69. The van der Waals surface area contributed by atoms with Crippen molar-refractivity contribution in [3.8, 4) is 11.5 Å². The van der Waals surface area contributed by atoms with E-state index in [0.29, 0.717) is 22.1 Å². The molecule has 2 aromatic carbocycles. The second kappa shape index (κ2) is 9.48. The minimum absolute atomic E-state index is 0.157. The zero-order valence-electron chi connectivity index (χ0n) is 15.0. The monoisotopic (exact) mass is 411 g/mol. The van der Waals surface area contributed by atoms with Crippen LogP contribution >= 0.6 is 23.2 Å². The number of esters is 1. The van der Waals surface area contributed by atoms with Gasteiger partial charge in [0, 0.05) is 17.5 Å². The van der Waals surface area contributed by atoms with Crippen LogP contribution in [0.1, 0.15) is 15.9 Å². The molecule has 6 nitrogen and oxygen atoms in total. The van der Waals surface area contributed by atoms with Gasteiger partial charge in [0.2, 0.25) is 0 Å². The molecule has 2 aromatic rings. The van der Waals surface area contributed by atoms with Gasteiger partial charge in [0.1, 0.15) is 17.5 Å². The average Bonchev–Trinajstić information content (AvgIpc) is 2.68. The summed E-state index contributed by atoms with van der Waals surface area (Å²) in [5.41, 5.74) is 0.867. The summed E-state index contributed by atoms with van der Waals surface area (Å²) in [6, 6.07) is 8.76. The van der Waals surface area contributed by atoms with Crippen LogP contribution in [0.2, 0.25) is 10.0 Å². The maximum atomic E-state index is 12.6. The van der Waals surface area contributed by atoms with Crippen molar-refractivity contribution in [2.75, 3.05) is 21.3 Å². The number of hydrogen-bond acceptors (Lipinski definition) is 5. The molecular formula is C19H19Cl2NO5. The lowest BCUT2D eigenvalue weighted by Crippen LogP contribution is -2.43. The van der Waals surface area contributed by atoms with Gasteiger partial charge in [0.25, 0.3) is 5.91 Å². The molecule has 144 valence electrons. The number of carbonyl (C=O) groups is 2. The molecule has 1 atom stereocenters. The minimum atomic E-state index is -0.945. The fourth-order valence-electron chi connectivity index (χ4n) is 2.48. The third-order valence-electron chi connectivity index (χ3n) is 3.88. The van der Waals surface area contributed by atoms with Crippen LogP contribution in [-0.2, 0) is 16.0 Å². The largest absolute Gasteiger partial charge is 0.497 e. The van der Waals surface area contributed by atoms with Gasteiger partial charge in [-0.05, 0) is 29.8 Å². The van der Waals surface area contributed by atoms with E-state index < -0.39 is 17.9 Å². The van der Waals surface area contributed by atoms with E-state index in [2.05, 4.69) is 5.32 Å². The van der Waals surface area contributed by atoms with E-state index in [1.807, 2.05) is 0 Å². The molecule has 0 spiro atoms. The number of ether oxygens (including phenoxy) is 3. The molecule has 0 saturated carbocycles. The number of carbonyl (C=O) groups excluding carboxylic acids is 2. The molecule has 0 aliphatic heterocycles. The highest BCUT2D eigenvalue weighted by molar-refractivity contribution is 6.35. The Bertz CT molecular complexity index is 841. The second-order valence-electron chi connectivity index (χ2n) is 5.56. The Balaban J connectivity index is 2.27. The average molecular weight is 412 g/mol. The summed E-state index contributed by atoms with van der Waals surface area (Å²) in [5, 5.41) is 3.22. The predicted molar refractivity (Wildman–Crippen MR) is 103 cm³/mol. The van der Waals surface area contributed by atoms with Crippen molar-refractivity contribution in [3.63, 3.8) is 0 Å². The van der Waals surface area contributed by atoms with Gasteiger partial charge in [-0.15, -0.1) is 0 Å². The number of amides is 1. The Hall–Kier alpha value is -2.44. The fraction of sp³-hybridized carbons (Fsp3) is 0.263. The Labute approximate surface area is 167 Å². The molecule has 0 radical (unpaired) electrons. The van der Waals surface area contributed by atoms with E-state index in [1.165, 1.54) is 26.4 Å². The molecule has 0 aromatic heterocycles. The molecule has 27 heavy (non-hydrogen) atoms. The Morgan fingerprint density at radius 2 is 1.78 bits per heavy atom. The fourth-order valence-corrected chi connectivity index (χ4v) is 2.86. The number of halogens is 2. The molecule has 1 N–H and O–H groups in total. The van der Waals surface area contributed by atoms with Crippen molar-refractivity contribution in [2.24, 2.45) is 0 Å². The molecule has 1 unspecified atom stereocenters. The molecule has 0 saturated heterocycles. The topological polar surface area (TPSA) is 73.9 Å². The summed E-state index contributed by atoms with van der Waals surface area (Å²) in [6.45, 7) is 0. The van der Waals surface area contributed by atoms with E-state index in [1.54, 1.807) is 31.4 Å². The maximum Gasteiger partial charge on any atom is 0.328 e. The number of benzene rings is 2. The predicted octanol–water partition coefficient (Wildman–Crippen LogP) is 3.52. The van der Waals surface area contributed by atoms with Crippen LogP contribution in [0.3, 0.4) is 0 Å². The van der Waals surface area contributed by atoms with E-state index >= 15 is 0 Å². The van der Waals surface area contributed by atoms with Crippen molar-refractivity contribution in [1.29, 1.82) is 0 Å². The van der Waals surface area contributed by atoms with Crippen LogP contribution in [-0.4, -0.2) is 39.2 Å². The lowest BCUT2D eigenvalue weighted by molar-refractivity contribution is -0.142. The number of nitrogens with one attached hydrogen (secondary N) is 1. The minimum Gasteiger partial charge on any atom is -0.497 e. The number of hydrogen-bond donors (Lipinski definition) is 1. The van der Waals surface area contributed by atoms with Gasteiger partial charge in [-0.1, -0.05) is 29.3 Å². The molecule has 0 fully saturated rings. The van der Waals surface area contributed by atoms with Crippen molar-refractivity contribution in [3.05, 3.63) is 57.6 Å². The first-order chi connectivity index (χ1) is 12.9. The molecule has 0 aliphatic carbocycles. The van der Waals surface area contributed by atoms with E-state index in [4.69, 9.17) is 37.4 Å². The summed E-state index contributed by atoms with van der Waals surface area (Å²) < 4.78 is 15.3. The van der Waals surface area contributed by atoms with Crippen molar-refractivity contribution in [1.82, 2.24) is 5.32 Å². The van der Waals surface area contributed by atoms with E-state index in [0.717, 1.165) is 0 Å². The van der Waals surface area contributed by atoms with Crippen molar-refractivity contribution >= 4 is 35.1 Å². The van der Waals surface area contributed by atoms with Crippen LogP contribution in [0.4, 0.5) is 0 Å². The summed E-state index contributed by atoms with van der Waals surface area (Å²) in [6.07, 6.45) is 0.157. The van der Waals surface area contributed by atoms with Crippen molar-refractivity contribution in [2.45, 2.75) is 12.5 Å². The van der Waals surface area contributed by atoms with Gasteiger partial charge in [0.15, 0.2) is 0 Å². The third kappa shape index (κ3) is 5.28. The van der Waals surface area contributed by atoms with Gasteiger partial charge in [-0.3, -0.25) is 4.79 Å². The second-order valence-corrected chi connectivity index (χ2v) is 6.40. The van der Waals surface area contributed by atoms with Crippen LogP contribution in [0.25, 0.3) is 0 Å². The summed E-state index contributed by atoms with van der Waals surface area (Å²) in [5.74, 6) is 0.00278. The van der Waals surface area contributed by atoms with Gasteiger partial charge in [-0.2, -0.15) is 0 Å². The quantitative estimate of drug-likeness (QED) is 0.705. The van der Waals surface area contributed by atoms with Crippen LogP contribution in [0.5, 0.6) is 11.5 Å². The first-order valence-electron chi connectivity index (χ1n) is 7.94. The van der Waals surface area contributed by atoms with Crippen molar-refractivity contribution < 1.29 is 23.8 Å². The molecule has 1 amide bonds. The molecular weight excluding hydrogens is 393 g/mol.